The summed E-state index contributed by atoms with van der Waals surface area (Å²) in [5.74, 6) is 0.147. The van der Waals surface area contributed by atoms with Crippen molar-refractivity contribution in [2.45, 2.75) is 12.8 Å². The van der Waals surface area contributed by atoms with Gasteiger partial charge in [-0.2, -0.15) is 0 Å². The molecule has 0 saturated carbocycles. The lowest BCUT2D eigenvalue weighted by molar-refractivity contribution is -0.122. The maximum Gasteiger partial charge on any atom is 0.227 e. The van der Waals surface area contributed by atoms with Crippen LogP contribution in [0.5, 0.6) is 0 Å². The molecule has 0 spiro atoms. The number of carbonyl (C=O) groups excluding carboxylic acids is 1. The van der Waals surface area contributed by atoms with Crippen molar-refractivity contribution in [3.8, 4) is 0 Å². The minimum absolute atomic E-state index is 0.0559. The number of nitrogens with zero attached hydrogens (tertiary/aromatic N) is 2. The fourth-order valence-corrected chi connectivity index (χ4v) is 3.83. The SMILES string of the molecule is CN1CCN(c2ccc(Nc3ccc(NC(=O)C4CCOCC4)cc3)cc2)CC1. The molecule has 6 nitrogen and oxygen atoms in total. The highest BCUT2D eigenvalue weighted by molar-refractivity contribution is 5.92. The average Bonchev–Trinajstić information content (AvgIpc) is 2.77. The van der Waals surface area contributed by atoms with Crippen molar-refractivity contribution in [1.29, 1.82) is 0 Å². The van der Waals surface area contributed by atoms with Gasteiger partial charge in [0, 0.05) is 68.1 Å². The Labute approximate surface area is 172 Å². The maximum atomic E-state index is 12.3. The standard InChI is InChI=1S/C23H30N4O2/c1-26-12-14-27(15-13-26)22-8-6-20(7-9-22)24-19-2-4-21(5-3-19)25-23(28)18-10-16-29-17-11-18/h2-9,18,24H,10-17H2,1H3,(H,25,28). The second kappa shape index (κ2) is 9.29. The average molecular weight is 395 g/mol. The third-order valence-electron chi connectivity index (χ3n) is 5.77. The Kier molecular flexibility index (Phi) is 6.32. The first kappa shape index (κ1) is 19.7. The van der Waals surface area contributed by atoms with E-state index in [4.69, 9.17) is 4.74 Å². The summed E-state index contributed by atoms with van der Waals surface area (Å²) in [4.78, 5) is 17.1. The first-order valence-electron chi connectivity index (χ1n) is 10.5. The maximum absolute atomic E-state index is 12.3. The number of ether oxygens (including phenoxy) is 1. The Morgan fingerprint density at radius 3 is 2.03 bits per heavy atom. The summed E-state index contributed by atoms with van der Waals surface area (Å²) in [6.07, 6.45) is 1.60. The molecule has 0 aromatic heterocycles. The van der Waals surface area contributed by atoms with Crippen molar-refractivity contribution < 1.29 is 9.53 Å². The van der Waals surface area contributed by atoms with Crippen LogP contribution in [0.4, 0.5) is 22.7 Å². The molecular weight excluding hydrogens is 364 g/mol. The van der Waals surface area contributed by atoms with Crippen molar-refractivity contribution in [1.82, 2.24) is 4.90 Å². The van der Waals surface area contributed by atoms with Crippen LogP contribution in [0, 0.1) is 5.92 Å². The van der Waals surface area contributed by atoms with E-state index >= 15 is 0 Å². The van der Waals surface area contributed by atoms with Gasteiger partial charge in [0.2, 0.25) is 5.91 Å². The van der Waals surface area contributed by atoms with Crippen LogP contribution in [0.2, 0.25) is 0 Å². The Balaban J connectivity index is 1.31. The smallest absolute Gasteiger partial charge is 0.227 e. The molecule has 2 fully saturated rings. The third kappa shape index (κ3) is 5.28. The molecule has 2 aromatic carbocycles. The fraction of sp³-hybridized carbons (Fsp3) is 0.435. The molecule has 2 aliphatic rings. The van der Waals surface area contributed by atoms with Crippen molar-refractivity contribution in [3.63, 3.8) is 0 Å². The van der Waals surface area contributed by atoms with E-state index in [0.717, 1.165) is 56.1 Å². The van der Waals surface area contributed by atoms with Gasteiger partial charge in [0.1, 0.15) is 0 Å². The minimum atomic E-state index is 0.0559. The molecule has 0 atom stereocenters. The number of benzene rings is 2. The van der Waals surface area contributed by atoms with Gasteiger partial charge in [-0.05, 0) is 68.4 Å². The normalized spacial score (nSPS) is 18.4. The van der Waals surface area contributed by atoms with Crippen LogP contribution in [0.15, 0.2) is 48.5 Å². The number of likely N-dealkylation sites (N-methyl/N-ethyl adjacent to an activating group) is 1. The molecule has 2 aliphatic heterocycles. The number of anilines is 4. The number of amides is 1. The van der Waals surface area contributed by atoms with Gasteiger partial charge < -0.3 is 25.2 Å². The third-order valence-corrected chi connectivity index (χ3v) is 5.77. The Morgan fingerprint density at radius 1 is 0.862 bits per heavy atom. The highest BCUT2D eigenvalue weighted by Crippen LogP contribution is 2.24. The van der Waals surface area contributed by atoms with Gasteiger partial charge in [0.25, 0.3) is 0 Å². The van der Waals surface area contributed by atoms with Gasteiger partial charge in [0.05, 0.1) is 0 Å². The van der Waals surface area contributed by atoms with Crippen LogP contribution in [-0.4, -0.2) is 57.2 Å². The Morgan fingerprint density at radius 2 is 1.41 bits per heavy atom. The summed E-state index contributed by atoms with van der Waals surface area (Å²) in [5.41, 5.74) is 4.16. The van der Waals surface area contributed by atoms with E-state index in [0.29, 0.717) is 13.2 Å². The number of carbonyl (C=O) groups is 1. The molecule has 4 rings (SSSR count). The first-order chi connectivity index (χ1) is 14.2. The molecule has 1 amide bonds. The van der Waals surface area contributed by atoms with Gasteiger partial charge in [-0.1, -0.05) is 0 Å². The molecule has 29 heavy (non-hydrogen) atoms. The number of piperazine rings is 1. The van der Waals surface area contributed by atoms with Crippen molar-refractivity contribution >= 4 is 28.7 Å². The van der Waals surface area contributed by atoms with E-state index in [2.05, 4.69) is 51.7 Å². The summed E-state index contributed by atoms with van der Waals surface area (Å²) >= 11 is 0. The Bertz CT molecular complexity index is 793. The highest BCUT2D eigenvalue weighted by atomic mass is 16.5. The summed E-state index contributed by atoms with van der Waals surface area (Å²) in [7, 11) is 2.17. The molecular formula is C23H30N4O2. The summed E-state index contributed by atoms with van der Waals surface area (Å²) in [5, 5.41) is 6.45. The second-order valence-electron chi connectivity index (χ2n) is 7.92. The molecule has 6 heteroatoms. The van der Waals surface area contributed by atoms with E-state index in [1.54, 1.807) is 0 Å². The Hall–Kier alpha value is -2.57. The first-order valence-corrected chi connectivity index (χ1v) is 10.5. The van der Waals surface area contributed by atoms with E-state index in [1.165, 1.54) is 5.69 Å². The molecule has 2 N–H and O–H groups in total. The molecule has 2 saturated heterocycles. The zero-order valence-corrected chi connectivity index (χ0v) is 17.1. The van der Waals surface area contributed by atoms with Crippen LogP contribution in [0.25, 0.3) is 0 Å². The van der Waals surface area contributed by atoms with Crippen LogP contribution in [0.1, 0.15) is 12.8 Å². The lowest BCUT2D eigenvalue weighted by Gasteiger charge is -2.34. The summed E-state index contributed by atoms with van der Waals surface area (Å²) in [6.45, 7) is 5.71. The van der Waals surface area contributed by atoms with E-state index in [1.807, 2.05) is 24.3 Å². The molecule has 0 aliphatic carbocycles. The van der Waals surface area contributed by atoms with Gasteiger partial charge in [-0.25, -0.2) is 0 Å². The fourth-order valence-electron chi connectivity index (χ4n) is 3.83. The van der Waals surface area contributed by atoms with Crippen molar-refractivity contribution in [3.05, 3.63) is 48.5 Å². The van der Waals surface area contributed by atoms with Gasteiger partial charge in [-0.3, -0.25) is 4.79 Å². The number of hydrogen-bond donors (Lipinski definition) is 2. The monoisotopic (exact) mass is 394 g/mol. The molecule has 2 heterocycles. The second-order valence-corrected chi connectivity index (χ2v) is 7.92. The highest BCUT2D eigenvalue weighted by Gasteiger charge is 2.21. The summed E-state index contributed by atoms with van der Waals surface area (Å²) in [6, 6.07) is 16.5. The quantitative estimate of drug-likeness (QED) is 0.812. The zero-order valence-electron chi connectivity index (χ0n) is 17.1. The van der Waals surface area contributed by atoms with E-state index in [-0.39, 0.29) is 11.8 Å². The van der Waals surface area contributed by atoms with E-state index < -0.39 is 0 Å². The minimum Gasteiger partial charge on any atom is -0.381 e. The predicted octanol–water partition coefficient (Wildman–Crippen LogP) is 3.55. The van der Waals surface area contributed by atoms with Crippen LogP contribution in [0.3, 0.4) is 0 Å². The van der Waals surface area contributed by atoms with Crippen molar-refractivity contribution in [2.75, 3.05) is 62.0 Å². The van der Waals surface area contributed by atoms with Crippen molar-refractivity contribution in [2.24, 2.45) is 5.92 Å². The molecule has 0 bridgehead atoms. The van der Waals surface area contributed by atoms with Crippen LogP contribution >= 0.6 is 0 Å². The molecule has 154 valence electrons. The molecule has 2 aromatic rings. The lowest BCUT2D eigenvalue weighted by Crippen LogP contribution is -2.44. The molecule has 0 radical (unpaired) electrons. The van der Waals surface area contributed by atoms with Gasteiger partial charge >= 0.3 is 0 Å². The van der Waals surface area contributed by atoms with Gasteiger partial charge in [0.15, 0.2) is 0 Å². The lowest BCUT2D eigenvalue weighted by atomic mass is 9.99. The van der Waals surface area contributed by atoms with Crippen LogP contribution in [-0.2, 0) is 9.53 Å². The largest absolute Gasteiger partial charge is 0.381 e. The zero-order chi connectivity index (χ0) is 20.1. The topological polar surface area (TPSA) is 56.8 Å². The predicted molar refractivity (Wildman–Crippen MR) is 118 cm³/mol. The van der Waals surface area contributed by atoms with Crippen LogP contribution < -0.4 is 15.5 Å². The van der Waals surface area contributed by atoms with Gasteiger partial charge in [-0.15, -0.1) is 0 Å². The van der Waals surface area contributed by atoms with E-state index in [9.17, 15) is 4.79 Å². The number of nitrogens with one attached hydrogen (secondary N) is 2. The molecule has 0 unspecified atom stereocenters. The summed E-state index contributed by atoms with van der Waals surface area (Å²) < 4.78 is 5.33. The number of hydrogen-bond acceptors (Lipinski definition) is 5. The number of rotatable bonds is 5.